The van der Waals surface area contributed by atoms with Crippen LogP contribution in [-0.2, 0) is 6.42 Å². The summed E-state index contributed by atoms with van der Waals surface area (Å²) in [6.45, 7) is 2.76. The van der Waals surface area contributed by atoms with E-state index in [2.05, 4.69) is 25.5 Å². The summed E-state index contributed by atoms with van der Waals surface area (Å²) < 4.78 is 1.11. The molecular formula is C19H16N6O2S2. The van der Waals surface area contributed by atoms with Gasteiger partial charge in [-0.3, -0.25) is 0 Å². The molecule has 0 amide bonds. The molecule has 5 rings (SSSR count). The van der Waals surface area contributed by atoms with Crippen molar-refractivity contribution in [2.75, 3.05) is 16.8 Å². The Morgan fingerprint density at radius 3 is 2.90 bits per heavy atom. The minimum Gasteiger partial charge on any atom is -0.476 e. The van der Waals surface area contributed by atoms with Gasteiger partial charge in [0.15, 0.2) is 27.6 Å². The number of carbonyl (C=O) groups is 1. The molecule has 0 unspecified atom stereocenters. The molecule has 2 N–H and O–H groups in total. The molecule has 0 aliphatic carbocycles. The normalized spacial score (nSPS) is 13.5. The Morgan fingerprint density at radius 1 is 1.24 bits per heavy atom. The van der Waals surface area contributed by atoms with Crippen LogP contribution in [0.15, 0.2) is 29.6 Å². The molecule has 0 spiro atoms. The van der Waals surface area contributed by atoms with E-state index in [4.69, 9.17) is 5.11 Å². The van der Waals surface area contributed by atoms with E-state index in [1.165, 1.54) is 11.3 Å². The summed E-state index contributed by atoms with van der Waals surface area (Å²) in [4.78, 5) is 22.0. The highest BCUT2D eigenvalue weighted by Gasteiger charge is 2.26. The lowest BCUT2D eigenvalue weighted by Gasteiger charge is -2.28. The standard InChI is InChI=1S/C19H16N6O2S2/c1-10-11-5-4-8-25(19-21-13(9-28-19)17(26)27)16(11)24-23-15(10)22-18-20-12-6-2-3-7-14(12)29-18/h2-3,6-7,9H,4-5,8H2,1H3,(H,26,27)(H,20,22,23). The molecule has 0 radical (unpaired) electrons. The fraction of sp³-hybridized carbons (Fsp3) is 0.211. The molecule has 8 nitrogen and oxygen atoms in total. The molecule has 0 saturated carbocycles. The van der Waals surface area contributed by atoms with Crippen LogP contribution >= 0.6 is 22.7 Å². The van der Waals surface area contributed by atoms with Crippen LogP contribution in [0.3, 0.4) is 0 Å². The molecule has 10 heteroatoms. The molecule has 0 bridgehead atoms. The zero-order valence-corrected chi connectivity index (χ0v) is 17.0. The first-order chi connectivity index (χ1) is 14.1. The number of aromatic carboxylic acids is 1. The van der Waals surface area contributed by atoms with Crippen LogP contribution in [0.2, 0.25) is 0 Å². The molecule has 0 fully saturated rings. The molecular weight excluding hydrogens is 408 g/mol. The Bertz CT molecular complexity index is 1200. The van der Waals surface area contributed by atoms with E-state index in [1.54, 1.807) is 16.7 Å². The van der Waals surface area contributed by atoms with E-state index in [0.29, 0.717) is 10.9 Å². The first kappa shape index (κ1) is 18.0. The number of benzene rings is 1. The molecule has 146 valence electrons. The maximum atomic E-state index is 11.2. The van der Waals surface area contributed by atoms with E-state index >= 15 is 0 Å². The van der Waals surface area contributed by atoms with E-state index in [-0.39, 0.29) is 5.69 Å². The Hall–Kier alpha value is -3.11. The third kappa shape index (κ3) is 3.19. The van der Waals surface area contributed by atoms with Gasteiger partial charge in [0.05, 0.1) is 10.2 Å². The highest BCUT2D eigenvalue weighted by Crippen LogP contribution is 2.37. The van der Waals surface area contributed by atoms with Gasteiger partial charge in [-0.1, -0.05) is 23.5 Å². The molecule has 1 aliphatic rings. The number of carboxylic acid groups (broad SMARTS) is 1. The minimum absolute atomic E-state index is 0.0518. The quantitative estimate of drug-likeness (QED) is 0.497. The zero-order chi connectivity index (χ0) is 20.0. The van der Waals surface area contributed by atoms with Gasteiger partial charge in [0.2, 0.25) is 0 Å². The number of rotatable bonds is 4. The molecule has 4 heterocycles. The number of hydrogen-bond acceptors (Lipinski definition) is 9. The monoisotopic (exact) mass is 424 g/mol. The van der Waals surface area contributed by atoms with Crippen molar-refractivity contribution in [2.24, 2.45) is 0 Å². The van der Waals surface area contributed by atoms with Gasteiger partial charge in [-0.15, -0.1) is 21.5 Å². The van der Waals surface area contributed by atoms with Gasteiger partial charge in [0, 0.05) is 23.1 Å². The summed E-state index contributed by atoms with van der Waals surface area (Å²) in [6.07, 6.45) is 1.82. The van der Waals surface area contributed by atoms with Gasteiger partial charge in [0.1, 0.15) is 0 Å². The maximum absolute atomic E-state index is 11.2. The van der Waals surface area contributed by atoms with Gasteiger partial charge in [-0.2, -0.15) is 0 Å². The van der Waals surface area contributed by atoms with Crippen molar-refractivity contribution in [3.63, 3.8) is 0 Å². The summed E-state index contributed by atoms with van der Waals surface area (Å²) in [7, 11) is 0. The SMILES string of the molecule is Cc1c(Nc2nc3ccccc3s2)nnc2c1CCCN2c1nc(C(=O)O)cs1. The van der Waals surface area contributed by atoms with Crippen molar-refractivity contribution < 1.29 is 9.90 Å². The van der Waals surface area contributed by atoms with Gasteiger partial charge >= 0.3 is 5.97 Å². The lowest BCUT2D eigenvalue weighted by molar-refractivity contribution is 0.0691. The molecule has 0 saturated heterocycles. The third-order valence-electron chi connectivity index (χ3n) is 4.85. The van der Waals surface area contributed by atoms with Gasteiger partial charge in [-0.05, 0) is 31.9 Å². The number of carboxylic acids is 1. The molecule has 1 aromatic carbocycles. The highest BCUT2D eigenvalue weighted by atomic mass is 32.1. The Morgan fingerprint density at radius 2 is 2.10 bits per heavy atom. The van der Waals surface area contributed by atoms with Crippen LogP contribution in [0, 0.1) is 6.92 Å². The second-order valence-corrected chi connectivity index (χ2v) is 8.53. The zero-order valence-electron chi connectivity index (χ0n) is 15.4. The van der Waals surface area contributed by atoms with Crippen LogP contribution < -0.4 is 10.2 Å². The van der Waals surface area contributed by atoms with Crippen LogP contribution in [0.4, 0.5) is 21.9 Å². The van der Waals surface area contributed by atoms with Gasteiger partial charge in [-0.25, -0.2) is 14.8 Å². The fourth-order valence-electron chi connectivity index (χ4n) is 3.40. The van der Waals surface area contributed by atoms with Crippen molar-refractivity contribution in [3.05, 3.63) is 46.5 Å². The van der Waals surface area contributed by atoms with Crippen LogP contribution in [0.1, 0.15) is 28.0 Å². The number of hydrogen-bond donors (Lipinski definition) is 2. The smallest absolute Gasteiger partial charge is 0.355 e. The van der Waals surface area contributed by atoms with Gasteiger partial charge < -0.3 is 15.3 Å². The van der Waals surface area contributed by atoms with E-state index < -0.39 is 5.97 Å². The highest BCUT2D eigenvalue weighted by molar-refractivity contribution is 7.22. The van der Waals surface area contributed by atoms with Crippen LogP contribution in [-0.4, -0.2) is 37.8 Å². The number of nitrogens with one attached hydrogen (secondary N) is 1. The van der Waals surface area contributed by atoms with Crippen molar-refractivity contribution in [1.82, 2.24) is 20.2 Å². The predicted octanol–water partition coefficient (Wildman–Crippen LogP) is 4.38. The van der Waals surface area contributed by atoms with Crippen molar-refractivity contribution >= 4 is 60.8 Å². The molecule has 29 heavy (non-hydrogen) atoms. The summed E-state index contributed by atoms with van der Waals surface area (Å²) >= 11 is 2.88. The second kappa shape index (κ2) is 7.05. The maximum Gasteiger partial charge on any atom is 0.355 e. The van der Waals surface area contributed by atoms with Gasteiger partial charge in [0.25, 0.3) is 0 Å². The van der Waals surface area contributed by atoms with Crippen molar-refractivity contribution in [2.45, 2.75) is 19.8 Å². The first-order valence-electron chi connectivity index (χ1n) is 9.05. The Kier molecular flexibility index (Phi) is 4.36. The first-order valence-corrected chi connectivity index (χ1v) is 10.7. The lowest BCUT2D eigenvalue weighted by Crippen LogP contribution is -2.27. The number of aromatic nitrogens is 4. The number of thiazole rings is 2. The third-order valence-corrected chi connectivity index (χ3v) is 6.66. The summed E-state index contributed by atoms with van der Waals surface area (Å²) in [5.41, 5.74) is 3.12. The average molecular weight is 425 g/mol. The van der Waals surface area contributed by atoms with E-state index in [1.807, 2.05) is 36.1 Å². The summed E-state index contributed by atoms with van der Waals surface area (Å²) in [6, 6.07) is 8.00. The van der Waals surface area contributed by atoms with Crippen molar-refractivity contribution in [1.29, 1.82) is 0 Å². The number of fused-ring (bicyclic) bond motifs is 2. The van der Waals surface area contributed by atoms with Crippen LogP contribution in [0.25, 0.3) is 10.2 Å². The number of nitrogens with zero attached hydrogens (tertiary/aromatic N) is 5. The minimum atomic E-state index is -1.03. The van der Waals surface area contributed by atoms with E-state index in [0.717, 1.165) is 51.7 Å². The van der Waals surface area contributed by atoms with Crippen molar-refractivity contribution in [3.8, 4) is 0 Å². The topological polar surface area (TPSA) is 104 Å². The Labute approximate surface area is 173 Å². The Balaban J connectivity index is 1.48. The lowest BCUT2D eigenvalue weighted by atomic mass is 10.0. The molecule has 0 atom stereocenters. The average Bonchev–Trinajstić information content (AvgIpc) is 3.36. The molecule has 4 aromatic rings. The summed E-state index contributed by atoms with van der Waals surface area (Å²) in [5, 5.41) is 24.3. The largest absolute Gasteiger partial charge is 0.476 e. The van der Waals surface area contributed by atoms with Crippen LogP contribution in [0.5, 0.6) is 0 Å². The predicted molar refractivity (Wildman–Crippen MR) is 114 cm³/mol. The van der Waals surface area contributed by atoms with E-state index in [9.17, 15) is 4.79 Å². The number of para-hydroxylation sites is 1. The molecule has 3 aromatic heterocycles. The summed E-state index contributed by atoms with van der Waals surface area (Å²) in [5.74, 6) is 0.410. The number of anilines is 4. The molecule has 1 aliphatic heterocycles. The fourth-order valence-corrected chi connectivity index (χ4v) is 5.09. The second-order valence-electron chi connectivity index (χ2n) is 6.66.